The van der Waals surface area contributed by atoms with Gasteiger partial charge in [-0.05, 0) is 24.3 Å². The Hall–Kier alpha value is -3.15. The largest absolute Gasteiger partial charge is 0.507 e. The number of phenols is 1. The molecule has 0 unspecified atom stereocenters. The molecule has 0 saturated heterocycles. The van der Waals surface area contributed by atoms with Crippen molar-refractivity contribution in [3.63, 3.8) is 0 Å². The molecule has 3 rings (SSSR count). The molecule has 2 aromatic carbocycles. The zero-order valence-electron chi connectivity index (χ0n) is 10.6. The Labute approximate surface area is 119 Å². The van der Waals surface area contributed by atoms with Gasteiger partial charge in [-0.1, -0.05) is 24.3 Å². The number of carbonyl (C=O) groups is 3. The van der Waals surface area contributed by atoms with E-state index in [4.69, 9.17) is 10.2 Å². The number of aromatic hydroxyl groups is 1. The van der Waals surface area contributed by atoms with Crippen LogP contribution in [0.25, 0.3) is 0 Å². The zero-order chi connectivity index (χ0) is 15.4. The minimum absolute atomic E-state index is 0.0671. The minimum Gasteiger partial charge on any atom is -0.507 e. The first kappa shape index (κ1) is 14.3. The summed E-state index contributed by atoms with van der Waals surface area (Å²) in [6.07, 6.45) is 0. The lowest BCUT2D eigenvalue weighted by atomic mass is 10.1. The second kappa shape index (κ2) is 5.87. The van der Waals surface area contributed by atoms with Gasteiger partial charge in [0.1, 0.15) is 11.3 Å². The van der Waals surface area contributed by atoms with E-state index in [0.717, 1.165) is 0 Å². The molecule has 0 aliphatic carbocycles. The number of benzene rings is 2. The third-order valence-electron chi connectivity index (χ3n) is 2.69. The average molecular weight is 286 g/mol. The summed E-state index contributed by atoms with van der Waals surface area (Å²) < 4.78 is 4.35. The Morgan fingerprint density at radius 2 is 1.33 bits per heavy atom. The first-order valence-electron chi connectivity index (χ1n) is 5.87. The summed E-state index contributed by atoms with van der Waals surface area (Å²) in [6, 6.07) is 12.3. The standard InChI is InChI=1S/C8H4O3.C7H6O3/c9-7-5-3-1-2-4-6(5)8(10)11-7;8-6-4-2-1-3-5(6)7(9)10/h1-4H;1-4,8H,(H,9,10). The second-order valence-corrected chi connectivity index (χ2v) is 4.04. The van der Waals surface area contributed by atoms with Crippen LogP contribution in [0.3, 0.4) is 0 Å². The van der Waals surface area contributed by atoms with Gasteiger partial charge in [0.25, 0.3) is 0 Å². The van der Waals surface area contributed by atoms with E-state index >= 15 is 0 Å². The summed E-state index contributed by atoms with van der Waals surface area (Å²) in [5.74, 6) is -2.41. The number of hydrogen-bond donors (Lipinski definition) is 2. The molecule has 21 heavy (non-hydrogen) atoms. The van der Waals surface area contributed by atoms with Gasteiger partial charge in [0, 0.05) is 0 Å². The first-order valence-corrected chi connectivity index (χ1v) is 5.87. The molecule has 0 spiro atoms. The number of rotatable bonds is 1. The van der Waals surface area contributed by atoms with E-state index in [0.29, 0.717) is 11.1 Å². The van der Waals surface area contributed by atoms with Crippen molar-refractivity contribution >= 4 is 17.9 Å². The number of carbonyl (C=O) groups excluding carboxylic acids is 2. The van der Waals surface area contributed by atoms with Crippen LogP contribution in [0.5, 0.6) is 5.75 Å². The van der Waals surface area contributed by atoms with Crippen molar-refractivity contribution in [3.8, 4) is 5.75 Å². The normalized spacial score (nSPS) is 12.0. The average Bonchev–Trinajstić information content (AvgIpc) is 2.76. The van der Waals surface area contributed by atoms with Crippen LogP contribution in [-0.4, -0.2) is 28.1 Å². The lowest BCUT2D eigenvalue weighted by Gasteiger charge is -1.95. The van der Waals surface area contributed by atoms with Gasteiger partial charge in [0.05, 0.1) is 11.1 Å². The number of cyclic esters (lactones) is 2. The maximum absolute atomic E-state index is 10.8. The number of para-hydroxylation sites is 1. The van der Waals surface area contributed by atoms with Gasteiger partial charge in [0.15, 0.2) is 0 Å². The minimum atomic E-state index is -1.11. The van der Waals surface area contributed by atoms with Crippen molar-refractivity contribution in [3.05, 3.63) is 65.2 Å². The third kappa shape index (κ3) is 3.06. The smallest absolute Gasteiger partial charge is 0.346 e. The molecule has 2 N–H and O–H groups in total. The Bertz CT molecular complexity index is 687. The Morgan fingerprint density at radius 1 is 0.857 bits per heavy atom. The van der Waals surface area contributed by atoms with E-state index in [-0.39, 0.29) is 11.3 Å². The molecule has 0 saturated carbocycles. The summed E-state index contributed by atoms with van der Waals surface area (Å²) in [6.45, 7) is 0. The molecule has 0 aromatic heterocycles. The van der Waals surface area contributed by atoms with Crippen molar-refractivity contribution in [2.45, 2.75) is 0 Å². The van der Waals surface area contributed by atoms with Gasteiger partial charge in [-0.3, -0.25) is 0 Å². The molecule has 0 atom stereocenters. The highest BCUT2D eigenvalue weighted by atomic mass is 16.6. The van der Waals surface area contributed by atoms with Gasteiger partial charge < -0.3 is 14.9 Å². The summed E-state index contributed by atoms with van der Waals surface area (Å²) in [7, 11) is 0. The molecule has 0 radical (unpaired) electrons. The van der Waals surface area contributed by atoms with Crippen LogP contribution in [0, 0.1) is 0 Å². The molecule has 0 bridgehead atoms. The summed E-state index contributed by atoms with van der Waals surface area (Å²) in [5.41, 5.74) is 0.650. The molecule has 0 fully saturated rings. The Balaban J connectivity index is 0.000000155. The fourth-order valence-corrected chi connectivity index (χ4v) is 1.69. The zero-order valence-corrected chi connectivity index (χ0v) is 10.6. The third-order valence-corrected chi connectivity index (χ3v) is 2.69. The highest BCUT2D eigenvalue weighted by Crippen LogP contribution is 2.18. The number of carboxylic acid groups (broad SMARTS) is 1. The predicted molar refractivity (Wildman–Crippen MR) is 71.3 cm³/mol. The maximum atomic E-state index is 10.8. The van der Waals surface area contributed by atoms with Crippen LogP contribution >= 0.6 is 0 Å². The lowest BCUT2D eigenvalue weighted by molar-refractivity contribution is 0.0443. The quantitative estimate of drug-likeness (QED) is 0.615. The van der Waals surface area contributed by atoms with E-state index in [2.05, 4.69) is 4.74 Å². The highest BCUT2D eigenvalue weighted by Gasteiger charge is 2.28. The van der Waals surface area contributed by atoms with E-state index in [1.54, 1.807) is 36.4 Å². The molecule has 2 aromatic rings. The van der Waals surface area contributed by atoms with Crippen LogP contribution in [0.2, 0.25) is 0 Å². The van der Waals surface area contributed by atoms with E-state index in [1.807, 2.05) is 0 Å². The maximum Gasteiger partial charge on any atom is 0.346 e. The van der Waals surface area contributed by atoms with Gasteiger partial charge in [0.2, 0.25) is 0 Å². The fourth-order valence-electron chi connectivity index (χ4n) is 1.69. The molecule has 1 aliphatic rings. The summed E-state index contributed by atoms with van der Waals surface area (Å²) >= 11 is 0. The fraction of sp³-hybridized carbons (Fsp3) is 0. The van der Waals surface area contributed by atoms with E-state index in [9.17, 15) is 14.4 Å². The summed E-state index contributed by atoms with van der Waals surface area (Å²) in [4.78, 5) is 31.9. The van der Waals surface area contributed by atoms with Crippen molar-refractivity contribution < 1.29 is 29.3 Å². The number of hydrogen-bond acceptors (Lipinski definition) is 5. The van der Waals surface area contributed by atoms with Gasteiger partial charge in [-0.15, -0.1) is 0 Å². The predicted octanol–water partition coefficient (Wildman–Crippen LogP) is 2.09. The molecular formula is C15H10O6. The monoisotopic (exact) mass is 286 g/mol. The SMILES string of the molecule is O=C(O)c1ccccc1O.O=C1OC(=O)c2ccccc21. The van der Waals surface area contributed by atoms with Crippen LogP contribution in [0.15, 0.2) is 48.5 Å². The Morgan fingerprint density at radius 3 is 1.76 bits per heavy atom. The topological polar surface area (TPSA) is 101 Å². The second-order valence-electron chi connectivity index (χ2n) is 4.04. The molecule has 1 heterocycles. The van der Waals surface area contributed by atoms with Gasteiger partial charge in [-0.25, -0.2) is 14.4 Å². The summed E-state index contributed by atoms with van der Waals surface area (Å²) in [5, 5.41) is 17.3. The van der Waals surface area contributed by atoms with Crippen LogP contribution in [0.4, 0.5) is 0 Å². The molecule has 0 amide bonds. The molecule has 106 valence electrons. The van der Waals surface area contributed by atoms with Crippen LogP contribution in [0.1, 0.15) is 31.1 Å². The number of aromatic carboxylic acids is 1. The van der Waals surface area contributed by atoms with Crippen molar-refractivity contribution in [1.29, 1.82) is 0 Å². The number of ether oxygens (including phenoxy) is 1. The van der Waals surface area contributed by atoms with Crippen molar-refractivity contribution in [1.82, 2.24) is 0 Å². The van der Waals surface area contributed by atoms with Gasteiger partial charge in [-0.2, -0.15) is 0 Å². The number of fused-ring (bicyclic) bond motifs is 1. The van der Waals surface area contributed by atoms with Crippen LogP contribution < -0.4 is 0 Å². The van der Waals surface area contributed by atoms with Crippen LogP contribution in [-0.2, 0) is 4.74 Å². The number of carboxylic acids is 1. The Kier molecular flexibility index (Phi) is 3.99. The highest BCUT2D eigenvalue weighted by molar-refractivity contribution is 6.14. The van der Waals surface area contributed by atoms with Crippen molar-refractivity contribution in [2.75, 3.05) is 0 Å². The van der Waals surface area contributed by atoms with Gasteiger partial charge >= 0.3 is 17.9 Å². The molecular weight excluding hydrogens is 276 g/mol. The first-order chi connectivity index (χ1) is 10.0. The molecule has 6 heteroatoms. The van der Waals surface area contributed by atoms with E-state index in [1.165, 1.54) is 12.1 Å². The molecule has 1 aliphatic heterocycles. The number of esters is 2. The van der Waals surface area contributed by atoms with E-state index < -0.39 is 17.9 Å². The molecule has 6 nitrogen and oxygen atoms in total. The van der Waals surface area contributed by atoms with Crippen molar-refractivity contribution in [2.24, 2.45) is 0 Å². The lowest BCUT2D eigenvalue weighted by Crippen LogP contribution is -1.96.